The first-order valence-corrected chi connectivity index (χ1v) is 9.23. The van der Waals surface area contributed by atoms with Crippen LogP contribution in [0.1, 0.15) is 18.1 Å². The van der Waals surface area contributed by atoms with E-state index in [1.807, 2.05) is 54.2 Å². The summed E-state index contributed by atoms with van der Waals surface area (Å²) in [5.74, 6) is 0.705. The van der Waals surface area contributed by atoms with Crippen LogP contribution in [0.2, 0.25) is 0 Å². The molecule has 6 nitrogen and oxygen atoms in total. The van der Waals surface area contributed by atoms with E-state index in [4.69, 9.17) is 9.15 Å². The highest BCUT2D eigenvalue weighted by molar-refractivity contribution is 5.61. The van der Waals surface area contributed by atoms with Crippen LogP contribution in [0, 0.1) is 6.92 Å². The van der Waals surface area contributed by atoms with E-state index in [0.29, 0.717) is 25.0 Å². The minimum atomic E-state index is 0.458. The third-order valence-corrected chi connectivity index (χ3v) is 4.29. The van der Waals surface area contributed by atoms with Crippen molar-refractivity contribution in [1.82, 2.24) is 14.8 Å². The van der Waals surface area contributed by atoms with Gasteiger partial charge >= 0.3 is 0 Å². The first-order valence-electron chi connectivity index (χ1n) is 9.23. The Bertz CT molecular complexity index is 1040. The van der Waals surface area contributed by atoms with E-state index in [-0.39, 0.29) is 0 Å². The lowest BCUT2D eigenvalue weighted by atomic mass is 10.1. The van der Waals surface area contributed by atoms with Crippen LogP contribution in [0.3, 0.4) is 0 Å². The average Bonchev–Trinajstić information content (AvgIpc) is 3.38. The van der Waals surface area contributed by atoms with Crippen LogP contribution < -0.4 is 5.32 Å². The minimum absolute atomic E-state index is 0.458. The SMILES string of the molecule is CCOCc1cc(C)cc(Nc2ncc(-c3ccc(-n4cccn4)cc3)o2)c1. The number of oxazole rings is 1. The summed E-state index contributed by atoms with van der Waals surface area (Å²) in [5, 5.41) is 7.47. The zero-order chi connectivity index (χ0) is 19.3. The van der Waals surface area contributed by atoms with Crippen molar-refractivity contribution in [3.63, 3.8) is 0 Å². The zero-order valence-corrected chi connectivity index (χ0v) is 15.9. The van der Waals surface area contributed by atoms with Gasteiger partial charge in [0.25, 0.3) is 6.01 Å². The number of ether oxygens (including phenoxy) is 1. The van der Waals surface area contributed by atoms with Gasteiger partial charge < -0.3 is 14.5 Å². The third-order valence-electron chi connectivity index (χ3n) is 4.29. The first-order chi connectivity index (χ1) is 13.7. The largest absolute Gasteiger partial charge is 0.423 e. The molecule has 2 aromatic carbocycles. The maximum Gasteiger partial charge on any atom is 0.299 e. The number of aryl methyl sites for hydroxylation is 1. The predicted molar refractivity (Wildman–Crippen MR) is 109 cm³/mol. The maximum absolute atomic E-state index is 5.89. The summed E-state index contributed by atoms with van der Waals surface area (Å²) in [4.78, 5) is 4.36. The summed E-state index contributed by atoms with van der Waals surface area (Å²) in [5.41, 5.74) is 5.15. The Kier molecular flexibility index (Phi) is 5.21. The van der Waals surface area contributed by atoms with Crippen molar-refractivity contribution >= 4 is 11.7 Å². The molecule has 0 aliphatic rings. The van der Waals surface area contributed by atoms with Gasteiger partial charge in [-0.2, -0.15) is 5.10 Å². The standard InChI is InChI=1S/C22H22N4O2/c1-3-27-15-17-11-16(2)12-19(13-17)25-22-23-14-21(28-22)18-5-7-20(8-6-18)26-10-4-9-24-26/h4-14H,3,15H2,1-2H3,(H,23,25). The first kappa shape index (κ1) is 18.0. The van der Waals surface area contributed by atoms with Crippen LogP contribution in [-0.4, -0.2) is 21.4 Å². The van der Waals surface area contributed by atoms with Gasteiger partial charge in [0.1, 0.15) is 0 Å². The van der Waals surface area contributed by atoms with Gasteiger partial charge in [-0.25, -0.2) is 9.67 Å². The molecule has 0 aliphatic carbocycles. The Morgan fingerprint density at radius 3 is 2.75 bits per heavy atom. The smallest absolute Gasteiger partial charge is 0.299 e. The molecule has 2 heterocycles. The highest BCUT2D eigenvalue weighted by atomic mass is 16.5. The number of hydrogen-bond donors (Lipinski definition) is 1. The molecule has 0 saturated carbocycles. The Morgan fingerprint density at radius 2 is 2.00 bits per heavy atom. The van der Waals surface area contributed by atoms with Crippen LogP contribution in [0.25, 0.3) is 17.0 Å². The summed E-state index contributed by atoms with van der Waals surface area (Å²) < 4.78 is 13.2. The summed E-state index contributed by atoms with van der Waals surface area (Å²) in [6, 6.07) is 16.6. The lowest BCUT2D eigenvalue weighted by Gasteiger charge is -2.08. The number of aromatic nitrogens is 3. The third kappa shape index (κ3) is 4.13. The summed E-state index contributed by atoms with van der Waals surface area (Å²) >= 11 is 0. The van der Waals surface area contributed by atoms with Crippen molar-refractivity contribution in [2.24, 2.45) is 0 Å². The van der Waals surface area contributed by atoms with Gasteiger partial charge in [-0.3, -0.25) is 0 Å². The molecule has 2 aromatic heterocycles. The van der Waals surface area contributed by atoms with Crippen molar-refractivity contribution in [2.45, 2.75) is 20.5 Å². The van der Waals surface area contributed by atoms with Crippen LogP contribution in [0.4, 0.5) is 11.7 Å². The van der Waals surface area contributed by atoms with E-state index in [1.165, 1.54) is 0 Å². The van der Waals surface area contributed by atoms with Crippen molar-refractivity contribution in [3.05, 3.63) is 78.2 Å². The zero-order valence-electron chi connectivity index (χ0n) is 15.9. The van der Waals surface area contributed by atoms with Crippen molar-refractivity contribution in [3.8, 4) is 17.0 Å². The molecular weight excluding hydrogens is 352 g/mol. The van der Waals surface area contributed by atoms with Gasteiger partial charge in [0, 0.05) is 30.3 Å². The van der Waals surface area contributed by atoms with Crippen molar-refractivity contribution in [1.29, 1.82) is 0 Å². The number of nitrogens with zero attached hydrogens (tertiary/aromatic N) is 3. The van der Waals surface area contributed by atoms with Crippen LogP contribution in [0.15, 0.2) is 71.5 Å². The minimum Gasteiger partial charge on any atom is -0.423 e. The topological polar surface area (TPSA) is 65.1 Å². The molecule has 0 fully saturated rings. The second kappa shape index (κ2) is 8.10. The van der Waals surface area contributed by atoms with E-state index in [1.54, 1.807) is 12.4 Å². The normalized spacial score (nSPS) is 10.9. The molecule has 28 heavy (non-hydrogen) atoms. The van der Waals surface area contributed by atoms with Crippen molar-refractivity contribution in [2.75, 3.05) is 11.9 Å². The molecule has 0 aliphatic heterocycles. The van der Waals surface area contributed by atoms with Gasteiger partial charge in [0.15, 0.2) is 5.76 Å². The van der Waals surface area contributed by atoms with Gasteiger partial charge in [-0.05, 0) is 67.4 Å². The van der Waals surface area contributed by atoms with Gasteiger partial charge in [-0.15, -0.1) is 0 Å². The molecule has 1 N–H and O–H groups in total. The number of benzene rings is 2. The van der Waals surface area contributed by atoms with E-state index >= 15 is 0 Å². The number of anilines is 2. The molecule has 4 rings (SSSR count). The highest BCUT2D eigenvalue weighted by Crippen LogP contribution is 2.26. The fourth-order valence-electron chi connectivity index (χ4n) is 3.03. The van der Waals surface area contributed by atoms with E-state index in [9.17, 15) is 0 Å². The van der Waals surface area contributed by atoms with E-state index in [0.717, 1.165) is 28.1 Å². The summed E-state index contributed by atoms with van der Waals surface area (Å²) in [7, 11) is 0. The molecule has 0 bridgehead atoms. The molecule has 0 radical (unpaired) electrons. The Morgan fingerprint density at radius 1 is 1.14 bits per heavy atom. The Hall–Kier alpha value is -3.38. The van der Waals surface area contributed by atoms with Crippen LogP contribution in [0.5, 0.6) is 0 Å². The van der Waals surface area contributed by atoms with E-state index < -0.39 is 0 Å². The quantitative estimate of drug-likeness (QED) is 0.487. The van der Waals surface area contributed by atoms with Crippen LogP contribution >= 0.6 is 0 Å². The predicted octanol–water partition coefficient (Wildman–Crippen LogP) is 5.12. The second-order valence-corrected chi connectivity index (χ2v) is 6.50. The highest BCUT2D eigenvalue weighted by Gasteiger charge is 2.08. The molecule has 0 atom stereocenters. The Balaban J connectivity index is 1.49. The molecule has 4 aromatic rings. The van der Waals surface area contributed by atoms with Gasteiger partial charge in [-0.1, -0.05) is 6.07 Å². The summed E-state index contributed by atoms with van der Waals surface area (Å²) in [6.45, 7) is 5.33. The number of rotatable bonds is 7. The summed E-state index contributed by atoms with van der Waals surface area (Å²) in [6.07, 6.45) is 5.39. The van der Waals surface area contributed by atoms with E-state index in [2.05, 4.69) is 34.5 Å². The molecule has 6 heteroatoms. The van der Waals surface area contributed by atoms with Crippen molar-refractivity contribution < 1.29 is 9.15 Å². The van der Waals surface area contributed by atoms with Gasteiger partial charge in [0.05, 0.1) is 18.5 Å². The molecule has 0 spiro atoms. The molecular formula is C22H22N4O2. The molecule has 0 unspecified atom stereocenters. The monoisotopic (exact) mass is 374 g/mol. The molecule has 0 amide bonds. The fraction of sp³-hybridized carbons (Fsp3) is 0.182. The van der Waals surface area contributed by atoms with Crippen LogP contribution in [-0.2, 0) is 11.3 Å². The second-order valence-electron chi connectivity index (χ2n) is 6.50. The maximum atomic E-state index is 5.89. The number of nitrogens with one attached hydrogen (secondary N) is 1. The number of hydrogen-bond acceptors (Lipinski definition) is 5. The molecule has 142 valence electrons. The van der Waals surface area contributed by atoms with Gasteiger partial charge in [0.2, 0.25) is 0 Å². The average molecular weight is 374 g/mol. The molecule has 0 saturated heterocycles. The lowest BCUT2D eigenvalue weighted by molar-refractivity contribution is 0.134. The fourth-order valence-corrected chi connectivity index (χ4v) is 3.03. The Labute approximate surface area is 163 Å². The lowest BCUT2D eigenvalue weighted by Crippen LogP contribution is -1.96.